The van der Waals surface area contributed by atoms with E-state index in [-0.39, 0.29) is 0 Å². The molecule has 0 unspecified atom stereocenters. The molecule has 0 bridgehead atoms. The third-order valence-corrected chi connectivity index (χ3v) is 3.06. The quantitative estimate of drug-likeness (QED) is 0.466. The summed E-state index contributed by atoms with van der Waals surface area (Å²) >= 11 is 4.62. The number of alkyl halides is 1. The largest absolute Gasteiger partial charge is 0.398 e. The Labute approximate surface area is 87.7 Å². The van der Waals surface area contributed by atoms with Crippen LogP contribution in [0.2, 0.25) is 0 Å². The average molecular weight is 359 g/mol. The van der Waals surface area contributed by atoms with E-state index in [1.54, 1.807) is 0 Å². The van der Waals surface area contributed by atoms with Gasteiger partial charge in [-0.15, -0.1) is 0 Å². The van der Waals surface area contributed by atoms with Crippen molar-refractivity contribution >= 4 is 50.9 Å². The predicted octanol–water partition coefficient (Wildman–Crippen LogP) is 2.81. The lowest BCUT2D eigenvalue weighted by atomic mass is 10.2. The lowest BCUT2D eigenvalue weighted by Crippen LogP contribution is -1.93. The second-order valence-electron chi connectivity index (χ2n) is 1.94. The molecule has 10 heavy (non-hydrogen) atoms. The van der Waals surface area contributed by atoms with Gasteiger partial charge in [0.1, 0.15) is 0 Å². The average Bonchev–Trinajstić information content (AvgIpc) is 1.88. The highest BCUT2D eigenvalue weighted by atomic mass is 127. The summed E-state index contributed by atoms with van der Waals surface area (Å²) in [5, 5.41) is 0. The topological polar surface area (TPSA) is 26.0 Å². The fourth-order valence-corrected chi connectivity index (χ4v) is 3.01. The summed E-state index contributed by atoms with van der Waals surface area (Å²) < 4.78 is 2.25. The van der Waals surface area contributed by atoms with E-state index in [1.165, 1.54) is 9.13 Å². The van der Waals surface area contributed by atoms with Crippen molar-refractivity contribution in [1.29, 1.82) is 0 Å². The molecule has 0 amide bonds. The van der Waals surface area contributed by atoms with Crippen LogP contribution in [-0.4, -0.2) is 0 Å². The molecule has 0 aliphatic rings. The zero-order valence-electron chi connectivity index (χ0n) is 5.27. The molecule has 54 valence electrons. The lowest BCUT2D eigenvalue weighted by Gasteiger charge is -2.02. The van der Waals surface area contributed by atoms with Gasteiger partial charge in [0.25, 0.3) is 0 Å². The summed E-state index contributed by atoms with van der Waals surface area (Å²) in [7, 11) is 0. The van der Waals surface area contributed by atoms with E-state index in [0.717, 1.165) is 10.1 Å². The molecule has 0 saturated heterocycles. The van der Waals surface area contributed by atoms with Crippen LogP contribution in [0.25, 0.3) is 0 Å². The van der Waals surface area contributed by atoms with E-state index in [2.05, 4.69) is 51.2 Å². The van der Waals surface area contributed by atoms with Gasteiger partial charge >= 0.3 is 0 Å². The number of hydrogen-bond acceptors (Lipinski definition) is 1. The number of rotatable bonds is 1. The van der Waals surface area contributed by atoms with Crippen LogP contribution in [0.15, 0.2) is 18.2 Å². The normalized spacial score (nSPS) is 9.80. The number of benzene rings is 1. The first-order chi connectivity index (χ1) is 4.75. The monoisotopic (exact) mass is 359 g/mol. The molecule has 1 rings (SSSR count). The second-order valence-corrected chi connectivity index (χ2v) is 3.87. The lowest BCUT2D eigenvalue weighted by molar-refractivity contribution is 1.42. The Morgan fingerprint density at radius 1 is 1.40 bits per heavy atom. The van der Waals surface area contributed by atoms with Gasteiger partial charge in [0, 0.05) is 13.7 Å². The van der Waals surface area contributed by atoms with Gasteiger partial charge in [0.2, 0.25) is 0 Å². The van der Waals surface area contributed by atoms with Crippen molar-refractivity contribution in [2.45, 2.75) is 4.43 Å². The number of anilines is 1. The van der Waals surface area contributed by atoms with Gasteiger partial charge < -0.3 is 5.73 Å². The summed E-state index contributed by atoms with van der Waals surface area (Å²) in [4.78, 5) is 0. The third-order valence-electron chi connectivity index (χ3n) is 1.29. The van der Waals surface area contributed by atoms with Crippen LogP contribution < -0.4 is 5.73 Å². The second kappa shape index (κ2) is 3.75. The molecule has 0 atom stereocenters. The van der Waals surface area contributed by atoms with Crippen molar-refractivity contribution in [3.63, 3.8) is 0 Å². The first kappa shape index (κ1) is 8.58. The molecule has 0 aromatic heterocycles. The van der Waals surface area contributed by atoms with Gasteiger partial charge in [-0.2, -0.15) is 0 Å². The van der Waals surface area contributed by atoms with E-state index in [1.807, 2.05) is 12.1 Å². The van der Waals surface area contributed by atoms with Gasteiger partial charge in [-0.05, 0) is 40.3 Å². The Bertz CT molecular complexity index is 215. The molecule has 3 heteroatoms. The maximum Gasteiger partial charge on any atom is 0.0365 e. The van der Waals surface area contributed by atoms with Crippen molar-refractivity contribution in [1.82, 2.24) is 0 Å². The number of nitrogen functional groups attached to an aromatic ring is 1. The molecule has 0 aliphatic heterocycles. The minimum atomic E-state index is 0.904. The Kier molecular flexibility index (Phi) is 3.22. The van der Waals surface area contributed by atoms with Crippen molar-refractivity contribution in [3.8, 4) is 0 Å². The van der Waals surface area contributed by atoms with E-state index < -0.39 is 0 Å². The maximum absolute atomic E-state index is 5.72. The predicted molar refractivity (Wildman–Crippen MR) is 61.3 cm³/mol. The first-order valence-corrected chi connectivity index (χ1v) is 5.45. The molecule has 0 aliphatic carbocycles. The highest BCUT2D eigenvalue weighted by Crippen LogP contribution is 2.21. The van der Waals surface area contributed by atoms with Crippen LogP contribution in [-0.2, 0) is 4.43 Å². The Morgan fingerprint density at radius 3 is 2.50 bits per heavy atom. The number of nitrogens with two attached hydrogens (primary N) is 1. The van der Waals surface area contributed by atoms with E-state index in [9.17, 15) is 0 Å². The van der Waals surface area contributed by atoms with Crippen molar-refractivity contribution < 1.29 is 0 Å². The molecule has 0 fully saturated rings. The number of hydrogen-bond donors (Lipinski definition) is 1. The Balaban J connectivity index is 3.17. The smallest absolute Gasteiger partial charge is 0.0365 e. The summed E-state index contributed by atoms with van der Waals surface area (Å²) in [6.45, 7) is 0. The summed E-state index contributed by atoms with van der Waals surface area (Å²) in [6.07, 6.45) is 0. The Morgan fingerprint density at radius 2 is 2.10 bits per heavy atom. The molecule has 1 aromatic carbocycles. The molecular formula is C7H7I2N. The Hall–Kier alpha value is 0.480. The molecule has 0 radical (unpaired) electrons. The summed E-state index contributed by atoms with van der Waals surface area (Å²) in [6, 6.07) is 5.99. The van der Waals surface area contributed by atoms with Crippen LogP contribution in [0.4, 0.5) is 5.69 Å². The molecule has 2 N–H and O–H groups in total. The van der Waals surface area contributed by atoms with Crippen LogP contribution in [0.3, 0.4) is 0 Å². The van der Waals surface area contributed by atoms with E-state index in [0.29, 0.717) is 0 Å². The van der Waals surface area contributed by atoms with Crippen LogP contribution in [0.1, 0.15) is 5.56 Å². The van der Waals surface area contributed by atoms with E-state index >= 15 is 0 Å². The van der Waals surface area contributed by atoms with Crippen molar-refractivity contribution in [3.05, 3.63) is 27.3 Å². The molecule has 0 heterocycles. The fraction of sp³-hybridized carbons (Fsp3) is 0.143. The minimum Gasteiger partial charge on any atom is -0.398 e. The highest BCUT2D eigenvalue weighted by molar-refractivity contribution is 14.1. The summed E-state index contributed by atoms with van der Waals surface area (Å²) in [5.41, 5.74) is 7.88. The standard InChI is InChI=1S/C7H7I2N/c8-4-5-6(9)2-1-3-7(5)10/h1-3H,4,10H2. The van der Waals surface area contributed by atoms with Gasteiger partial charge in [-0.25, -0.2) is 0 Å². The molecular weight excluding hydrogens is 352 g/mol. The molecule has 1 aromatic rings. The van der Waals surface area contributed by atoms with Crippen molar-refractivity contribution in [2.75, 3.05) is 5.73 Å². The molecule has 0 spiro atoms. The van der Waals surface area contributed by atoms with Gasteiger partial charge in [0.15, 0.2) is 0 Å². The molecule has 1 nitrogen and oxygen atoms in total. The van der Waals surface area contributed by atoms with Crippen molar-refractivity contribution in [2.24, 2.45) is 0 Å². The fourth-order valence-electron chi connectivity index (χ4n) is 0.716. The van der Waals surface area contributed by atoms with Crippen LogP contribution in [0.5, 0.6) is 0 Å². The van der Waals surface area contributed by atoms with Crippen LogP contribution >= 0.6 is 45.2 Å². The number of halogens is 2. The van der Waals surface area contributed by atoms with E-state index in [4.69, 9.17) is 5.73 Å². The maximum atomic E-state index is 5.72. The van der Waals surface area contributed by atoms with Gasteiger partial charge in [0.05, 0.1) is 0 Å². The summed E-state index contributed by atoms with van der Waals surface area (Å²) in [5.74, 6) is 0. The third kappa shape index (κ3) is 1.75. The minimum absolute atomic E-state index is 0.904. The zero-order chi connectivity index (χ0) is 7.56. The van der Waals surface area contributed by atoms with Gasteiger partial charge in [-0.3, -0.25) is 0 Å². The van der Waals surface area contributed by atoms with Gasteiger partial charge in [-0.1, -0.05) is 28.7 Å². The zero-order valence-corrected chi connectivity index (χ0v) is 9.59. The molecule has 0 saturated carbocycles. The SMILES string of the molecule is Nc1cccc(I)c1CI. The highest BCUT2D eigenvalue weighted by Gasteiger charge is 1.99. The first-order valence-electron chi connectivity index (χ1n) is 2.84. The van der Waals surface area contributed by atoms with Crippen LogP contribution in [0, 0.1) is 3.57 Å².